The molecule has 0 aromatic heterocycles. The molecule has 0 unspecified atom stereocenters. The second-order valence-electron chi connectivity index (χ2n) is 6.43. The monoisotopic (exact) mass is 387 g/mol. The summed E-state index contributed by atoms with van der Waals surface area (Å²) in [7, 11) is -4.08. The minimum atomic E-state index is -4.08. The molecule has 2 N–H and O–H groups in total. The van der Waals surface area contributed by atoms with E-state index in [2.05, 4.69) is 37.3 Å². The summed E-state index contributed by atoms with van der Waals surface area (Å²) in [5.41, 5.74) is 3.72. The summed E-state index contributed by atoms with van der Waals surface area (Å²) < 4.78 is 23.9. The molecule has 1 heterocycles. The molecule has 2 aromatic carbocycles. The van der Waals surface area contributed by atoms with Gasteiger partial charge >= 0.3 is 0 Å². The van der Waals surface area contributed by atoms with Crippen molar-refractivity contribution in [2.24, 2.45) is 5.14 Å². The molecule has 142 valence electrons. The van der Waals surface area contributed by atoms with E-state index >= 15 is 0 Å². The highest BCUT2D eigenvalue weighted by atomic mass is 32.2. The highest BCUT2D eigenvalue weighted by Crippen LogP contribution is 2.32. The first-order valence-corrected chi connectivity index (χ1v) is 10.2. The van der Waals surface area contributed by atoms with E-state index < -0.39 is 14.9 Å². The van der Waals surface area contributed by atoms with Crippen LogP contribution in [0.3, 0.4) is 0 Å². The molecule has 1 aliphatic rings. The van der Waals surface area contributed by atoms with Gasteiger partial charge in [0, 0.05) is 25.2 Å². The summed E-state index contributed by atoms with van der Waals surface area (Å²) in [6.45, 7) is 3.22. The van der Waals surface area contributed by atoms with Crippen LogP contribution in [-0.2, 0) is 16.4 Å². The predicted octanol–water partition coefficient (Wildman–Crippen LogP) is 3.10. The van der Waals surface area contributed by atoms with Gasteiger partial charge in [0.05, 0.1) is 10.6 Å². The van der Waals surface area contributed by atoms with Crippen molar-refractivity contribution in [2.75, 3.05) is 18.0 Å². The summed E-state index contributed by atoms with van der Waals surface area (Å²) in [4.78, 5) is 12.0. The Morgan fingerprint density at radius 3 is 2.41 bits per heavy atom. The van der Waals surface area contributed by atoms with E-state index in [-0.39, 0.29) is 10.6 Å². The SMILES string of the molecule is CCc1ccc(C2=CCN(c3ccc([N+](=O)[O-])cc3S(N)(=O)=O)CC2)cc1. The molecular weight excluding hydrogens is 366 g/mol. The molecule has 0 fully saturated rings. The topological polar surface area (TPSA) is 107 Å². The van der Waals surface area contributed by atoms with E-state index in [1.54, 1.807) is 0 Å². The van der Waals surface area contributed by atoms with Crippen LogP contribution in [0.15, 0.2) is 53.4 Å². The van der Waals surface area contributed by atoms with Crippen LogP contribution in [-0.4, -0.2) is 26.4 Å². The van der Waals surface area contributed by atoms with Gasteiger partial charge in [0.2, 0.25) is 10.0 Å². The molecule has 0 atom stereocenters. The normalized spacial score (nSPS) is 14.7. The maximum absolute atomic E-state index is 11.9. The fraction of sp³-hybridized carbons (Fsp3) is 0.263. The largest absolute Gasteiger partial charge is 0.366 e. The van der Waals surface area contributed by atoms with Crippen molar-refractivity contribution >= 4 is 27.0 Å². The lowest BCUT2D eigenvalue weighted by Crippen LogP contribution is -2.30. The Bertz CT molecular complexity index is 998. The van der Waals surface area contributed by atoms with Crippen molar-refractivity contribution in [1.82, 2.24) is 0 Å². The third-order valence-electron chi connectivity index (χ3n) is 4.74. The molecule has 0 saturated heterocycles. The summed E-state index contributed by atoms with van der Waals surface area (Å²) in [6, 6.07) is 12.2. The number of non-ortho nitro benzene ring substituents is 1. The molecule has 0 radical (unpaired) electrons. The number of hydrogen-bond donors (Lipinski definition) is 1. The number of benzene rings is 2. The van der Waals surface area contributed by atoms with Crippen molar-refractivity contribution in [1.29, 1.82) is 0 Å². The summed E-state index contributed by atoms with van der Waals surface area (Å²) in [6.07, 6.45) is 3.79. The average molecular weight is 387 g/mol. The summed E-state index contributed by atoms with van der Waals surface area (Å²) >= 11 is 0. The van der Waals surface area contributed by atoms with E-state index in [9.17, 15) is 18.5 Å². The van der Waals surface area contributed by atoms with E-state index in [0.717, 1.165) is 24.5 Å². The minimum Gasteiger partial charge on any atom is -0.366 e. The van der Waals surface area contributed by atoms with Crippen molar-refractivity contribution in [3.8, 4) is 0 Å². The smallest absolute Gasteiger partial charge is 0.270 e. The van der Waals surface area contributed by atoms with Crippen LogP contribution in [0.1, 0.15) is 24.5 Å². The van der Waals surface area contributed by atoms with Crippen LogP contribution in [0, 0.1) is 10.1 Å². The fourth-order valence-corrected chi connectivity index (χ4v) is 3.98. The summed E-state index contributed by atoms with van der Waals surface area (Å²) in [5.74, 6) is 0. The van der Waals surface area contributed by atoms with Crippen LogP contribution >= 0.6 is 0 Å². The maximum Gasteiger partial charge on any atom is 0.270 e. The van der Waals surface area contributed by atoms with Gasteiger partial charge in [0.1, 0.15) is 4.90 Å². The first kappa shape index (κ1) is 19.1. The lowest BCUT2D eigenvalue weighted by Gasteiger charge is -2.29. The highest BCUT2D eigenvalue weighted by Gasteiger charge is 2.24. The van der Waals surface area contributed by atoms with Gasteiger partial charge in [-0.15, -0.1) is 0 Å². The molecule has 0 aliphatic carbocycles. The second-order valence-corrected chi connectivity index (χ2v) is 7.96. The van der Waals surface area contributed by atoms with Crippen LogP contribution in [0.4, 0.5) is 11.4 Å². The molecule has 0 bridgehead atoms. The molecule has 0 amide bonds. The van der Waals surface area contributed by atoms with E-state index in [1.165, 1.54) is 23.3 Å². The fourth-order valence-electron chi connectivity index (χ4n) is 3.21. The highest BCUT2D eigenvalue weighted by molar-refractivity contribution is 7.89. The number of anilines is 1. The molecule has 0 spiro atoms. The van der Waals surface area contributed by atoms with Crippen molar-refractivity contribution in [3.05, 3.63) is 69.8 Å². The lowest BCUT2D eigenvalue weighted by molar-refractivity contribution is -0.385. The van der Waals surface area contributed by atoms with Crippen molar-refractivity contribution < 1.29 is 13.3 Å². The number of rotatable bonds is 5. The zero-order chi connectivity index (χ0) is 19.6. The number of nitrogens with zero attached hydrogens (tertiary/aromatic N) is 2. The van der Waals surface area contributed by atoms with Gasteiger partial charge in [-0.25, -0.2) is 13.6 Å². The third-order valence-corrected chi connectivity index (χ3v) is 5.68. The van der Waals surface area contributed by atoms with Gasteiger partial charge in [-0.1, -0.05) is 37.3 Å². The quantitative estimate of drug-likeness (QED) is 0.627. The van der Waals surface area contributed by atoms with Gasteiger partial charge in [-0.3, -0.25) is 10.1 Å². The maximum atomic E-state index is 11.9. The third kappa shape index (κ3) is 4.17. The number of aryl methyl sites for hydroxylation is 1. The second kappa shape index (κ2) is 7.50. The molecule has 2 aromatic rings. The number of nitro groups is 1. The van der Waals surface area contributed by atoms with E-state index in [0.29, 0.717) is 18.8 Å². The Hall–Kier alpha value is -2.71. The van der Waals surface area contributed by atoms with Crippen LogP contribution in [0.5, 0.6) is 0 Å². The first-order valence-electron chi connectivity index (χ1n) is 8.64. The van der Waals surface area contributed by atoms with Gasteiger partial charge in [0.25, 0.3) is 5.69 Å². The van der Waals surface area contributed by atoms with E-state index in [4.69, 9.17) is 5.14 Å². The van der Waals surface area contributed by atoms with Crippen molar-refractivity contribution in [3.63, 3.8) is 0 Å². The molecule has 1 aliphatic heterocycles. The van der Waals surface area contributed by atoms with Crippen LogP contribution < -0.4 is 10.0 Å². The number of sulfonamides is 1. The first-order chi connectivity index (χ1) is 12.8. The van der Waals surface area contributed by atoms with Gasteiger partial charge in [-0.2, -0.15) is 0 Å². The van der Waals surface area contributed by atoms with Crippen LogP contribution in [0.25, 0.3) is 5.57 Å². The molecule has 7 nitrogen and oxygen atoms in total. The van der Waals surface area contributed by atoms with Crippen molar-refractivity contribution in [2.45, 2.75) is 24.7 Å². The zero-order valence-corrected chi connectivity index (χ0v) is 15.8. The van der Waals surface area contributed by atoms with E-state index in [1.807, 2.05) is 4.90 Å². The zero-order valence-electron chi connectivity index (χ0n) is 15.0. The standard InChI is InChI=1S/C19H21N3O4S/c1-2-14-3-5-15(6-4-14)16-9-11-21(12-10-16)18-8-7-17(22(23)24)13-19(18)27(20,25)26/h3-9,13H,2,10-12H2,1H3,(H2,20,25,26). The van der Waals surface area contributed by atoms with Gasteiger partial charge in [0.15, 0.2) is 0 Å². The molecular formula is C19H21N3O4S. The molecule has 3 rings (SSSR count). The Balaban J connectivity index is 1.88. The van der Waals surface area contributed by atoms with Gasteiger partial charge in [-0.05, 0) is 35.6 Å². The minimum absolute atomic E-state index is 0.221. The van der Waals surface area contributed by atoms with Crippen LogP contribution in [0.2, 0.25) is 0 Å². The Kier molecular flexibility index (Phi) is 5.29. The average Bonchev–Trinajstić information content (AvgIpc) is 2.67. The lowest BCUT2D eigenvalue weighted by atomic mass is 9.97. The number of nitro benzene ring substituents is 1. The Morgan fingerprint density at radius 2 is 1.89 bits per heavy atom. The number of primary sulfonamides is 1. The molecule has 0 saturated carbocycles. The molecule has 8 heteroatoms. The summed E-state index contributed by atoms with van der Waals surface area (Å²) in [5, 5.41) is 16.2. The Morgan fingerprint density at radius 1 is 1.19 bits per heavy atom. The molecule has 27 heavy (non-hydrogen) atoms. The number of nitrogens with two attached hydrogens (primary N) is 1. The van der Waals surface area contributed by atoms with Gasteiger partial charge < -0.3 is 4.90 Å². The Labute approximate surface area is 158 Å². The number of hydrogen-bond acceptors (Lipinski definition) is 5. The predicted molar refractivity (Wildman–Crippen MR) is 105 cm³/mol.